The highest BCUT2D eigenvalue weighted by Gasteiger charge is 2.21. The van der Waals surface area contributed by atoms with Crippen molar-refractivity contribution in [2.75, 3.05) is 0 Å². The summed E-state index contributed by atoms with van der Waals surface area (Å²) in [5.74, 6) is 0.891. The van der Waals surface area contributed by atoms with Crippen molar-refractivity contribution in [1.82, 2.24) is 0 Å². The fraction of sp³-hybridized carbons (Fsp3) is 0.357. The molecule has 2 rings (SSSR count). The van der Waals surface area contributed by atoms with Gasteiger partial charge in [0.1, 0.15) is 11.9 Å². The van der Waals surface area contributed by atoms with Gasteiger partial charge in [0.05, 0.1) is 11.6 Å². The number of para-hydroxylation sites is 1. The van der Waals surface area contributed by atoms with E-state index in [0.717, 1.165) is 36.1 Å². The summed E-state index contributed by atoms with van der Waals surface area (Å²) in [6.07, 6.45) is 5.02. The smallest absolute Gasteiger partial charge is 0.134 e. The van der Waals surface area contributed by atoms with Crippen molar-refractivity contribution in [3.05, 3.63) is 35.4 Å². The van der Waals surface area contributed by atoms with Crippen LogP contribution in [0.3, 0.4) is 0 Å². The molecule has 0 aromatic heterocycles. The van der Waals surface area contributed by atoms with Gasteiger partial charge in [-0.2, -0.15) is 5.26 Å². The van der Waals surface area contributed by atoms with Crippen molar-refractivity contribution in [1.29, 1.82) is 5.26 Å². The quantitative estimate of drug-likeness (QED) is 0.769. The van der Waals surface area contributed by atoms with E-state index in [0.29, 0.717) is 0 Å². The Kier molecular flexibility index (Phi) is 3.26. The molecule has 0 saturated carbocycles. The van der Waals surface area contributed by atoms with E-state index in [2.05, 4.69) is 13.0 Å². The average molecular weight is 213 g/mol. The second kappa shape index (κ2) is 4.85. The van der Waals surface area contributed by atoms with Crippen molar-refractivity contribution in [3.63, 3.8) is 0 Å². The molecule has 2 nitrogen and oxygen atoms in total. The lowest BCUT2D eigenvalue weighted by molar-refractivity contribution is 0.224. The van der Waals surface area contributed by atoms with Crippen molar-refractivity contribution in [2.45, 2.75) is 32.3 Å². The highest BCUT2D eigenvalue weighted by Crippen LogP contribution is 2.30. The Morgan fingerprint density at radius 3 is 2.94 bits per heavy atom. The molecule has 0 bridgehead atoms. The maximum atomic E-state index is 9.09. The zero-order valence-corrected chi connectivity index (χ0v) is 9.44. The molecule has 1 aromatic carbocycles. The lowest BCUT2D eigenvalue weighted by atomic mass is 9.99. The summed E-state index contributed by atoms with van der Waals surface area (Å²) in [5.41, 5.74) is 1.75. The van der Waals surface area contributed by atoms with Crippen LogP contribution in [0.25, 0.3) is 6.08 Å². The number of benzene rings is 1. The van der Waals surface area contributed by atoms with Crippen LogP contribution in [0.4, 0.5) is 0 Å². The van der Waals surface area contributed by atoms with Gasteiger partial charge in [0.25, 0.3) is 0 Å². The van der Waals surface area contributed by atoms with E-state index in [9.17, 15) is 0 Å². The van der Waals surface area contributed by atoms with Crippen LogP contribution < -0.4 is 4.74 Å². The first-order chi connectivity index (χ1) is 7.85. The molecule has 0 saturated heterocycles. The number of nitriles is 1. The van der Waals surface area contributed by atoms with E-state index < -0.39 is 0 Å². The van der Waals surface area contributed by atoms with Crippen LogP contribution in [-0.2, 0) is 0 Å². The number of unbranched alkanes of at least 4 members (excludes halogenated alkanes) is 1. The van der Waals surface area contributed by atoms with Gasteiger partial charge in [0.15, 0.2) is 0 Å². The highest BCUT2D eigenvalue weighted by atomic mass is 16.5. The SMILES string of the molecule is CCCCC1Oc2ccccc2C=C1C#N. The maximum Gasteiger partial charge on any atom is 0.134 e. The van der Waals surface area contributed by atoms with E-state index in [1.165, 1.54) is 0 Å². The normalized spacial score (nSPS) is 18.0. The van der Waals surface area contributed by atoms with Gasteiger partial charge in [-0.3, -0.25) is 0 Å². The van der Waals surface area contributed by atoms with Gasteiger partial charge in [-0.1, -0.05) is 31.5 Å². The molecular formula is C14H15NO. The van der Waals surface area contributed by atoms with E-state index in [-0.39, 0.29) is 6.10 Å². The lowest BCUT2D eigenvalue weighted by Crippen LogP contribution is -2.21. The van der Waals surface area contributed by atoms with Crippen molar-refractivity contribution >= 4 is 6.08 Å². The number of hydrogen-bond acceptors (Lipinski definition) is 2. The molecule has 16 heavy (non-hydrogen) atoms. The Labute approximate surface area is 96.2 Å². The summed E-state index contributed by atoms with van der Waals surface area (Å²) in [6.45, 7) is 2.15. The molecule has 0 N–H and O–H groups in total. The summed E-state index contributed by atoms with van der Waals surface area (Å²) in [7, 11) is 0. The van der Waals surface area contributed by atoms with Crippen LogP contribution in [0.15, 0.2) is 29.8 Å². The van der Waals surface area contributed by atoms with Gasteiger partial charge < -0.3 is 4.74 Å². The lowest BCUT2D eigenvalue weighted by Gasteiger charge is -2.23. The van der Waals surface area contributed by atoms with Crippen LogP contribution in [0.2, 0.25) is 0 Å². The van der Waals surface area contributed by atoms with Crippen LogP contribution >= 0.6 is 0 Å². The van der Waals surface area contributed by atoms with E-state index in [4.69, 9.17) is 10.00 Å². The number of hydrogen-bond donors (Lipinski definition) is 0. The number of nitrogens with zero attached hydrogens (tertiary/aromatic N) is 1. The summed E-state index contributed by atoms with van der Waals surface area (Å²) in [6, 6.07) is 10.1. The average Bonchev–Trinajstić information content (AvgIpc) is 2.35. The molecule has 1 aromatic rings. The number of ether oxygens (including phenoxy) is 1. The molecule has 0 spiro atoms. The van der Waals surface area contributed by atoms with Gasteiger partial charge in [-0.15, -0.1) is 0 Å². The zero-order chi connectivity index (χ0) is 11.4. The molecule has 82 valence electrons. The van der Waals surface area contributed by atoms with E-state index >= 15 is 0 Å². The van der Waals surface area contributed by atoms with Crippen molar-refractivity contribution in [2.24, 2.45) is 0 Å². The summed E-state index contributed by atoms with van der Waals surface area (Å²) >= 11 is 0. The molecule has 0 amide bonds. The first kappa shape index (κ1) is 10.8. The highest BCUT2D eigenvalue weighted by molar-refractivity contribution is 5.66. The van der Waals surface area contributed by atoms with Crippen LogP contribution in [0.5, 0.6) is 5.75 Å². The second-order valence-electron chi connectivity index (χ2n) is 4.00. The van der Waals surface area contributed by atoms with Gasteiger partial charge in [0, 0.05) is 5.56 Å². The largest absolute Gasteiger partial charge is 0.484 e. The number of rotatable bonds is 3. The van der Waals surface area contributed by atoms with Crippen LogP contribution in [0, 0.1) is 11.3 Å². The predicted octanol–water partition coefficient (Wildman–Crippen LogP) is 3.54. The number of fused-ring (bicyclic) bond motifs is 1. The van der Waals surface area contributed by atoms with Gasteiger partial charge >= 0.3 is 0 Å². The molecule has 0 fully saturated rings. The standard InChI is InChI=1S/C14H15NO/c1-2-3-7-14-12(10-15)9-11-6-4-5-8-13(11)16-14/h4-6,8-9,14H,2-3,7H2,1H3. The van der Waals surface area contributed by atoms with Crippen molar-refractivity contribution in [3.8, 4) is 11.8 Å². The molecular weight excluding hydrogens is 198 g/mol. The van der Waals surface area contributed by atoms with Gasteiger partial charge in [-0.25, -0.2) is 0 Å². The molecule has 2 heteroatoms. The van der Waals surface area contributed by atoms with Crippen LogP contribution in [0.1, 0.15) is 31.7 Å². The third-order valence-electron chi connectivity index (χ3n) is 2.80. The Hall–Kier alpha value is -1.75. The Bertz CT molecular complexity index is 442. The van der Waals surface area contributed by atoms with Crippen LogP contribution in [-0.4, -0.2) is 6.10 Å². The second-order valence-corrected chi connectivity index (χ2v) is 4.00. The fourth-order valence-electron chi connectivity index (χ4n) is 1.89. The first-order valence-corrected chi connectivity index (χ1v) is 5.72. The molecule has 1 atom stereocenters. The molecule has 1 unspecified atom stereocenters. The molecule has 1 heterocycles. The topological polar surface area (TPSA) is 33.0 Å². The zero-order valence-electron chi connectivity index (χ0n) is 9.44. The van der Waals surface area contributed by atoms with Gasteiger partial charge in [0.2, 0.25) is 0 Å². The fourth-order valence-corrected chi connectivity index (χ4v) is 1.89. The minimum absolute atomic E-state index is 0.0557. The monoisotopic (exact) mass is 213 g/mol. The molecule has 0 radical (unpaired) electrons. The minimum Gasteiger partial charge on any atom is -0.484 e. The molecule has 0 aliphatic carbocycles. The van der Waals surface area contributed by atoms with Gasteiger partial charge in [-0.05, 0) is 25.0 Å². The Balaban J connectivity index is 2.25. The summed E-state index contributed by atoms with van der Waals surface area (Å²) in [5, 5.41) is 9.09. The maximum absolute atomic E-state index is 9.09. The Morgan fingerprint density at radius 2 is 2.19 bits per heavy atom. The first-order valence-electron chi connectivity index (χ1n) is 5.72. The van der Waals surface area contributed by atoms with E-state index in [1.54, 1.807) is 0 Å². The Morgan fingerprint density at radius 1 is 1.38 bits per heavy atom. The van der Waals surface area contributed by atoms with Crippen molar-refractivity contribution < 1.29 is 4.74 Å². The third-order valence-corrected chi connectivity index (χ3v) is 2.80. The third kappa shape index (κ3) is 2.09. The molecule has 1 aliphatic heterocycles. The van der Waals surface area contributed by atoms with E-state index in [1.807, 2.05) is 30.3 Å². The predicted molar refractivity (Wildman–Crippen MR) is 64.0 cm³/mol. The minimum atomic E-state index is -0.0557. The summed E-state index contributed by atoms with van der Waals surface area (Å²) in [4.78, 5) is 0. The molecule has 1 aliphatic rings. The summed E-state index contributed by atoms with van der Waals surface area (Å²) < 4.78 is 5.85.